The van der Waals surface area contributed by atoms with Crippen LogP contribution < -0.4 is 0 Å². The van der Waals surface area contributed by atoms with Crippen molar-refractivity contribution in [3.05, 3.63) is 0 Å². The molecule has 0 aromatic rings. The minimum atomic E-state index is -4.75. The van der Waals surface area contributed by atoms with E-state index in [4.69, 9.17) is 5.11 Å². The summed E-state index contributed by atoms with van der Waals surface area (Å²) >= 11 is 0. The Bertz CT molecular complexity index is 347. The van der Waals surface area contributed by atoms with Crippen LogP contribution in [0, 0.1) is 5.92 Å². The van der Waals surface area contributed by atoms with Gasteiger partial charge in [-0.2, -0.15) is 13.2 Å². The second kappa shape index (κ2) is 6.23. The molecule has 1 fully saturated rings. The zero-order valence-corrected chi connectivity index (χ0v) is 10.6. The molecule has 1 aliphatic rings. The van der Waals surface area contributed by atoms with Crippen molar-refractivity contribution in [1.82, 2.24) is 9.80 Å². The molecular formula is C11H17F3N2O3. The molecule has 0 saturated carbocycles. The van der Waals surface area contributed by atoms with Crippen molar-refractivity contribution in [3.63, 3.8) is 0 Å². The second-order valence-electron chi connectivity index (χ2n) is 4.59. The Morgan fingerprint density at radius 2 is 1.84 bits per heavy atom. The van der Waals surface area contributed by atoms with Gasteiger partial charge in [-0.25, -0.2) is 0 Å². The Morgan fingerprint density at radius 3 is 2.32 bits per heavy atom. The summed E-state index contributed by atoms with van der Waals surface area (Å²) in [6.45, 7) is 2.30. The van der Waals surface area contributed by atoms with Gasteiger partial charge in [0.2, 0.25) is 5.91 Å². The summed E-state index contributed by atoms with van der Waals surface area (Å²) in [5.41, 5.74) is 0. The van der Waals surface area contributed by atoms with Crippen LogP contribution in [0.4, 0.5) is 13.2 Å². The van der Waals surface area contributed by atoms with Crippen molar-refractivity contribution in [2.24, 2.45) is 5.92 Å². The molecule has 5 nitrogen and oxygen atoms in total. The summed E-state index contributed by atoms with van der Waals surface area (Å²) < 4.78 is 37.7. The number of alkyl halides is 3. The maximum Gasteiger partial charge on any atom is 0.403 e. The lowest BCUT2D eigenvalue weighted by molar-refractivity contribution is -0.196. The van der Waals surface area contributed by atoms with E-state index in [-0.39, 0.29) is 12.5 Å². The number of rotatable bonds is 3. The fraction of sp³-hybridized carbons (Fsp3) is 0.818. The van der Waals surface area contributed by atoms with Crippen LogP contribution in [0.1, 0.15) is 13.3 Å². The van der Waals surface area contributed by atoms with Crippen LogP contribution >= 0.6 is 0 Å². The number of halogens is 3. The minimum Gasteiger partial charge on any atom is -0.481 e. The molecule has 0 aliphatic carbocycles. The van der Waals surface area contributed by atoms with Crippen LogP contribution in [0.15, 0.2) is 0 Å². The van der Waals surface area contributed by atoms with Gasteiger partial charge >= 0.3 is 12.1 Å². The lowest BCUT2D eigenvalue weighted by Gasteiger charge is -2.25. The van der Waals surface area contributed by atoms with Gasteiger partial charge in [0.25, 0.3) is 0 Å². The highest BCUT2D eigenvalue weighted by molar-refractivity contribution is 5.73. The number of carbonyl (C=O) groups is 2. The van der Waals surface area contributed by atoms with Crippen molar-refractivity contribution in [2.45, 2.75) is 19.5 Å². The smallest absolute Gasteiger partial charge is 0.403 e. The Kier molecular flexibility index (Phi) is 5.16. The summed E-state index contributed by atoms with van der Waals surface area (Å²) in [5, 5.41) is 8.64. The molecule has 0 bridgehead atoms. The van der Waals surface area contributed by atoms with E-state index in [1.807, 2.05) is 0 Å². The summed E-state index contributed by atoms with van der Waals surface area (Å²) in [6, 6.07) is 0. The van der Waals surface area contributed by atoms with Gasteiger partial charge in [-0.1, -0.05) is 0 Å². The van der Waals surface area contributed by atoms with Crippen LogP contribution in [0.5, 0.6) is 0 Å². The van der Waals surface area contributed by atoms with E-state index < -0.39 is 24.6 Å². The fourth-order valence-electron chi connectivity index (χ4n) is 2.05. The van der Waals surface area contributed by atoms with Gasteiger partial charge in [0.1, 0.15) is 0 Å². The van der Waals surface area contributed by atoms with E-state index in [1.165, 1.54) is 11.8 Å². The first-order valence-electron chi connectivity index (χ1n) is 5.99. The molecule has 0 spiro atoms. The fourth-order valence-corrected chi connectivity index (χ4v) is 2.05. The van der Waals surface area contributed by atoms with Gasteiger partial charge < -0.3 is 14.9 Å². The van der Waals surface area contributed by atoms with E-state index in [1.54, 1.807) is 4.90 Å². The van der Waals surface area contributed by atoms with Crippen LogP contribution in [0.3, 0.4) is 0 Å². The predicted molar refractivity (Wildman–Crippen MR) is 60.5 cm³/mol. The zero-order chi connectivity index (χ0) is 14.6. The SMILES string of the molecule is CC(=O)N1CCCN(CC(C(=O)O)C(F)(F)F)CC1. The van der Waals surface area contributed by atoms with Gasteiger partial charge in [-0.3, -0.25) is 9.59 Å². The molecule has 0 aromatic heterocycles. The summed E-state index contributed by atoms with van der Waals surface area (Å²) in [5.74, 6) is -4.36. The molecule has 0 aromatic carbocycles. The minimum absolute atomic E-state index is 0.118. The van der Waals surface area contributed by atoms with E-state index in [2.05, 4.69) is 0 Å². The monoisotopic (exact) mass is 282 g/mol. The molecule has 1 saturated heterocycles. The maximum absolute atomic E-state index is 12.6. The lowest BCUT2D eigenvalue weighted by atomic mass is 10.1. The number of carboxylic acids is 1. The number of carbonyl (C=O) groups excluding carboxylic acids is 1. The second-order valence-corrected chi connectivity index (χ2v) is 4.59. The third-order valence-corrected chi connectivity index (χ3v) is 3.17. The Labute approximate surface area is 109 Å². The average Bonchev–Trinajstić information content (AvgIpc) is 2.48. The van der Waals surface area contributed by atoms with Gasteiger partial charge in [-0.15, -0.1) is 0 Å². The average molecular weight is 282 g/mol. The van der Waals surface area contributed by atoms with E-state index >= 15 is 0 Å². The lowest BCUT2D eigenvalue weighted by Crippen LogP contribution is -2.42. The van der Waals surface area contributed by atoms with Gasteiger partial charge in [0, 0.05) is 33.1 Å². The Balaban J connectivity index is 2.61. The van der Waals surface area contributed by atoms with Gasteiger partial charge in [0.05, 0.1) is 0 Å². The molecule has 1 amide bonds. The molecule has 19 heavy (non-hydrogen) atoms. The molecule has 1 unspecified atom stereocenters. The first-order valence-corrected chi connectivity index (χ1v) is 5.99. The number of nitrogens with zero attached hydrogens (tertiary/aromatic N) is 2. The van der Waals surface area contributed by atoms with Crippen LogP contribution in [0.2, 0.25) is 0 Å². The van der Waals surface area contributed by atoms with Gasteiger partial charge in [0.15, 0.2) is 5.92 Å². The van der Waals surface area contributed by atoms with Crippen LogP contribution in [-0.2, 0) is 9.59 Å². The van der Waals surface area contributed by atoms with Crippen LogP contribution in [-0.4, -0.2) is 65.7 Å². The number of hydrogen-bond donors (Lipinski definition) is 1. The molecule has 1 atom stereocenters. The molecule has 1 aliphatic heterocycles. The molecule has 8 heteroatoms. The van der Waals surface area contributed by atoms with Gasteiger partial charge in [-0.05, 0) is 13.0 Å². The Morgan fingerprint density at radius 1 is 1.21 bits per heavy atom. The molecule has 0 radical (unpaired) electrons. The third-order valence-electron chi connectivity index (χ3n) is 3.17. The maximum atomic E-state index is 12.6. The number of amides is 1. The summed E-state index contributed by atoms with van der Waals surface area (Å²) in [6.07, 6.45) is -4.21. The highest BCUT2D eigenvalue weighted by atomic mass is 19.4. The molecule has 1 rings (SSSR count). The molecule has 1 N–H and O–H groups in total. The van der Waals surface area contributed by atoms with E-state index in [9.17, 15) is 22.8 Å². The quantitative estimate of drug-likeness (QED) is 0.832. The first-order chi connectivity index (χ1) is 8.71. The normalized spacial score (nSPS) is 19.9. The van der Waals surface area contributed by atoms with Crippen molar-refractivity contribution >= 4 is 11.9 Å². The zero-order valence-electron chi connectivity index (χ0n) is 10.6. The predicted octanol–water partition coefficient (Wildman–Crippen LogP) is 0.804. The van der Waals surface area contributed by atoms with Crippen molar-refractivity contribution in [3.8, 4) is 0 Å². The van der Waals surface area contributed by atoms with Crippen molar-refractivity contribution < 1.29 is 27.9 Å². The Hall–Kier alpha value is -1.31. The van der Waals surface area contributed by atoms with E-state index in [0.717, 1.165) is 0 Å². The van der Waals surface area contributed by atoms with Crippen molar-refractivity contribution in [2.75, 3.05) is 32.7 Å². The number of hydrogen-bond acceptors (Lipinski definition) is 3. The summed E-state index contributed by atoms with van der Waals surface area (Å²) in [4.78, 5) is 24.9. The first kappa shape index (κ1) is 15.7. The molecular weight excluding hydrogens is 265 g/mol. The molecule has 1 heterocycles. The highest BCUT2D eigenvalue weighted by Gasteiger charge is 2.45. The third kappa shape index (κ3) is 4.70. The summed E-state index contributed by atoms with van der Waals surface area (Å²) in [7, 11) is 0. The molecule has 110 valence electrons. The number of carboxylic acid groups (broad SMARTS) is 1. The number of aliphatic carboxylic acids is 1. The van der Waals surface area contributed by atoms with Crippen molar-refractivity contribution in [1.29, 1.82) is 0 Å². The standard InChI is InChI=1S/C11H17F3N2O3/c1-8(17)16-4-2-3-15(5-6-16)7-9(10(18)19)11(12,13)14/h9H,2-7H2,1H3,(H,18,19). The largest absolute Gasteiger partial charge is 0.481 e. The highest BCUT2D eigenvalue weighted by Crippen LogP contribution is 2.27. The van der Waals surface area contributed by atoms with E-state index in [0.29, 0.717) is 26.1 Å². The topological polar surface area (TPSA) is 60.9 Å². The van der Waals surface area contributed by atoms with Crippen LogP contribution in [0.25, 0.3) is 0 Å².